The molecule has 0 bridgehead atoms. The zero-order valence-corrected chi connectivity index (χ0v) is 14.7. The molecular formula is C15H27O12. The van der Waals surface area contributed by atoms with E-state index in [1.54, 1.807) is 0 Å². The standard InChI is InChI=1S/C15H27O12/c1-6(18)4-24-5-15(13(23)10(20)8(3-17)26-15)27-14-12(22)11(21)9(19)7(2-16)25-14/h6-14,16-17,19-23H,2-5H2,1H3/t6?,7-,8-,9-,10-,11+,12-,13+,14-,15+/m1/s1. The summed E-state index contributed by atoms with van der Waals surface area (Å²) in [7, 11) is 0. The highest BCUT2D eigenvalue weighted by Gasteiger charge is 2.58. The molecule has 27 heavy (non-hydrogen) atoms. The zero-order valence-electron chi connectivity index (χ0n) is 14.7. The molecule has 0 aromatic heterocycles. The van der Waals surface area contributed by atoms with Gasteiger partial charge in [0.15, 0.2) is 6.29 Å². The summed E-state index contributed by atoms with van der Waals surface area (Å²) in [5.74, 6) is -2.14. The van der Waals surface area contributed by atoms with Crippen molar-refractivity contribution >= 4 is 0 Å². The van der Waals surface area contributed by atoms with Gasteiger partial charge in [0, 0.05) is 0 Å². The Morgan fingerprint density at radius 1 is 0.963 bits per heavy atom. The fraction of sp³-hybridized carbons (Fsp3) is 1.00. The molecule has 7 N–H and O–H groups in total. The minimum atomic E-state index is -2.14. The van der Waals surface area contributed by atoms with Gasteiger partial charge in [0.25, 0.3) is 0 Å². The van der Waals surface area contributed by atoms with E-state index in [2.05, 4.69) is 0 Å². The second-order valence-corrected chi connectivity index (χ2v) is 6.73. The summed E-state index contributed by atoms with van der Waals surface area (Å²) in [5.41, 5.74) is 0. The van der Waals surface area contributed by atoms with Gasteiger partial charge in [-0.1, -0.05) is 0 Å². The molecule has 1 unspecified atom stereocenters. The van der Waals surface area contributed by atoms with Crippen LogP contribution in [0.3, 0.4) is 0 Å². The Kier molecular flexibility index (Phi) is 7.89. The maximum Gasteiger partial charge on any atom is 0.224 e. The third kappa shape index (κ3) is 4.75. The number of rotatable bonds is 8. The van der Waals surface area contributed by atoms with Gasteiger partial charge >= 0.3 is 0 Å². The van der Waals surface area contributed by atoms with Gasteiger partial charge in [-0.05, 0) is 6.92 Å². The minimum absolute atomic E-state index is 0.282. The van der Waals surface area contributed by atoms with Crippen molar-refractivity contribution in [1.29, 1.82) is 0 Å². The summed E-state index contributed by atoms with van der Waals surface area (Å²) in [6.07, 6.45) is -13.8. The van der Waals surface area contributed by atoms with E-state index >= 15 is 0 Å². The maximum atomic E-state index is 11.2. The molecule has 159 valence electrons. The van der Waals surface area contributed by atoms with Crippen molar-refractivity contribution in [2.45, 2.75) is 67.8 Å². The van der Waals surface area contributed by atoms with E-state index in [9.17, 15) is 40.9 Å². The van der Waals surface area contributed by atoms with Gasteiger partial charge in [0.1, 0.15) is 55.4 Å². The van der Waals surface area contributed by atoms with Crippen LogP contribution < -0.4 is 0 Å². The number of aliphatic hydroxyl groups is 7. The normalized spacial score (nSPS) is 46.6. The first-order valence-electron chi connectivity index (χ1n) is 8.53. The lowest BCUT2D eigenvalue weighted by molar-refractivity contribution is -0.385. The van der Waals surface area contributed by atoms with Crippen molar-refractivity contribution in [3.8, 4) is 0 Å². The third-order valence-electron chi connectivity index (χ3n) is 4.51. The van der Waals surface area contributed by atoms with Crippen molar-refractivity contribution in [2.24, 2.45) is 0 Å². The van der Waals surface area contributed by atoms with Crippen LogP contribution >= 0.6 is 0 Å². The fourth-order valence-electron chi connectivity index (χ4n) is 2.98. The number of aliphatic hydroxyl groups excluding tert-OH is 7. The van der Waals surface area contributed by atoms with E-state index in [1.807, 2.05) is 0 Å². The Labute approximate surface area is 155 Å². The van der Waals surface area contributed by atoms with Gasteiger partial charge in [-0.2, -0.15) is 0 Å². The highest BCUT2D eigenvalue weighted by Crippen LogP contribution is 2.36. The van der Waals surface area contributed by atoms with Crippen LogP contribution in [0.15, 0.2) is 0 Å². The Morgan fingerprint density at radius 2 is 1.59 bits per heavy atom. The molecule has 2 rings (SSSR count). The molecule has 0 spiro atoms. The van der Waals surface area contributed by atoms with Crippen LogP contribution in [0.4, 0.5) is 0 Å². The SMILES string of the molecule is CC([O])COC[C@@]1(O[C@H]2O[C@H](CO)[C@@H](O)[C@H](O)[C@H]2O)O[C@H](CO)[C@@H](O)[C@@H]1O. The number of hydrogen-bond donors (Lipinski definition) is 7. The Hall–Kier alpha value is -0.480. The lowest BCUT2D eigenvalue weighted by Gasteiger charge is -2.43. The van der Waals surface area contributed by atoms with E-state index in [-0.39, 0.29) is 6.61 Å². The monoisotopic (exact) mass is 399 g/mol. The number of ether oxygens (including phenoxy) is 4. The molecule has 0 aromatic carbocycles. The Balaban J connectivity index is 2.21. The predicted molar refractivity (Wildman–Crippen MR) is 82.5 cm³/mol. The highest BCUT2D eigenvalue weighted by atomic mass is 16.8. The molecule has 0 amide bonds. The molecule has 2 saturated heterocycles. The smallest absolute Gasteiger partial charge is 0.224 e. The molecule has 12 heteroatoms. The van der Waals surface area contributed by atoms with E-state index < -0.39 is 80.7 Å². The minimum Gasteiger partial charge on any atom is -0.394 e. The van der Waals surface area contributed by atoms with E-state index in [0.717, 1.165) is 0 Å². The van der Waals surface area contributed by atoms with Crippen LogP contribution in [-0.4, -0.2) is 123 Å². The van der Waals surface area contributed by atoms with Crippen molar-refractivity contribution in [1.82, 2.24) is 0 Å². The van der Waals surface area contributed by atoms with Crippen LogP contribution in [0.1, 0.15) is 6.92 Å². The van der Waals surface area contributed by atoms with Gasteiger partial charge in [-0.25, -0.2) is 5.11 Å². The average Bonchev–Trinajstić information content (AvgIpc) is 2.87. The molecule has 2 aliphatic heterocycles. The zero-order chi connectivity index (χ0) is 20.4. The second-order valence-electron chi connectivity index (χ2n) is 6.73. The third-order valence-corrected chi connectivity index (χ3v) is 4.51. The molecule has 10 atom stereocenters. The lowest BCUT2D eigenvalue weighted by Crippen LogP contribution is -2.62. The summed E-state index contributed by atoms with van der Waals surface area (Å²) >= 11 is 0. The molecule has 2 aliphatic rings. The van der Waals surface area contributed by atoms with Crippen molar-refractivity contribution < 1.29 is 59.8 Å². The van der Waals surface area contributed by atoms with E-state index in [4.69, 9.17) is 18.9 Å². The Morgan fingerprint density at radius 3 is 2.11 bits per heavy atom. The molecule has 1 radical (unpaired) electrons. The molecule has 0 aliphatic carbocycles. The van der Waals surface area contributed by atoms with Crippen molar-refractivity contribution in [3.05, 3.63) is 0 Å². The van der Waals surface area contributed by atoms with Crippen LogP contribution in [0.25, 0.3) is 0 Å². The predicted octanol–water partition coefficient (Wildman–Crippen LogP) is -4.55. The highest BCUT2D eigenvalue weighted by molar-refractivity contribution is 4.98. The molecule has 2 heterocycles. The van der Waals surface area contributed by atoms with Crippen molar-refractivity contribution in [3.63, 3.8) is 0 Å². The first-order valence-corrected chi connectivity index (χ1v) is 8.53. The van der Waals surface area contributed by atoms with Gasteiger partial charge in [-0.15, -0.1) is 0 Å². The summed E-state index contributed by atoms with van der Waals surface area (Å²) in [6, 6.07) is 0. The van der Waals surface area contributed by atoms with Gasteiger partial charge in [0.05, 0.1) is 19.8 Å². The fourth-order valence-corrected chi connectivity index (χ4v) is 2.98. The topological polar surface area (TPSA) is 198 Å². The first-order chi connectivity index (χ1) is 12.7. The second kappa shape index (κ2) is 9.35. The van der Waals surface area contributed by atoms with Gasteiger partial charge in [-0.3, -0.25) is 0 Å². The molecule has 12 nitrogen and oxygen atoms in total. The summed E-state index contributed by atoms with van der Waals surface area (Å²) < 4.78 is 21.2. The summed E-state index contributed by atoms with van der Waals surface area (Å²) in [6.45, 7) is -0.884. The quantitative estimate of drug-likeness (QED) is 0.207. The average molecular weight is 399 g/mol. The summed E-state index contributed by atoms with van der Waals surface area (Å²) in [5, 5.41) is 79.8. The maximum absolute atomic E-state index is 11.2. The number of hydrogen-bond acceptors (Lipinski definition) is 11. The van der Waals surface area contributed by atoms with E-state index in [1.165, 1.54) is 6.92 Å². The molecule has 0 saturated carbocycles. The van der Waals surface area contributed by atoms with Crippen LogP contribution in [0.5, 0.6) is 0 Å². The lowest BCUT2D eigenvalue weighted by atomic mass is 9.99. The van der Waals surface area contributed by atoms with Gasteiger partial charge in [0.2, 0.25) is 5.79 Å². The van der Waals surface area contributed by atoms with Crippen LogP contribution in [0, 0.1) is 0 Å². The Bertz CT molecular complexity index is 462. The molecule has 0 aromatic rings. The first kappa shape index (κ1) is 22.8. The largest absolute Gasteiger partial charge is 0.394 e. The van der Waals surface area contributed by atoms with E-state index in [0.29, 0.717) is 0 Å². The molecular weight excluding hydrogens is 372 g/mol. The van der Waals surface area contributed by atoms with Gasteiger partial charge < -0.3 is 54.7 Å². The van der Waals surface area contributed by atoms with Crippen LogP contribution in [-0.2, 0) is 24.1 Å². The van der Waals surface area contributed by atoms with Crippen LogP contribution in [0.2, 0.25) is 0 Å². The van der Waals surface area contributed by atoms with Crippen molar-refractivity contribution in [2.75, 3.05) is 26.4 Å². The molecule has 2 fully saturated rings. The summed E-state index contributed by atoms with van der Waals surface area (Å²) in [4.78, 5) is 0.